The summed E-state index contributed by atoms with van der Waals surface area (Å²) in [6.07, 6.45) is 0.322. The summed E-state index contributed by atoms with van der Waals surface area (Å²) in [5.41, 5.74) is 0. The van der Waals surface area contributed by atoms with Crippen molar-refractivity contribution in [1.82, 2.24) is 9.62 Å². The van der Waals surface area contributed by atoms with Gasteiger partial charge in [0.2, 0.25) is 10.0 Å². The molecule has 0 unspecified atom stereocenters. The molecule has 0 heterocycles. The van der Waals surface area contributed by atoms with Crippen molar-refractivity contribution in [3.05, 3.63) is 0 Å². The van der Waals surface area contributed by atoms with E-state index in [4.69, 9.17) is 5.26 Å². The van der Waals surface area contributed by atoms with Gasteiger partial charge in [0.05, 0.1) is 6.07 Å². The van der Waals surface area contributed by atoms with Gasteiger partial charge in [-0.1, -0.05) is 0 Å². The lowest BCUT2D eigenvalue weighted by molar-refractivity contribution is 0.514. The Morgan fingerprint density at radius 1 is 1.50 bits per heavy atom. The number of hydrogen-bond acceptors (Lipinski definition) is 4. The van der Waals surface area contributed by atoms with Crippen LogP contribution >= 0.6 is 0 Å². The molecule has 0 saturated heterocycles. The van der Waals surface area contributed by atoms with E-state index >= 15 is 0 Å². The Labute approximate surface area is 73.0 Å². The Morgan fingerprint density at radius 3 is 2.50 bits per heavy atom. The largest absolute Gasteiger partial charge is 0.302 e. The molecule has 0 aromatic carbocycles. The topological polar surface area (TPSA) is 73.2 Å². The lowest BCUT2D eigenvalue weighted by Crippen LogP contribution is -2.33. The molecular formula is C6H13N3O2S. The van der Waals surface area contributed by atoms with Gasteiger partial charge in [0, 0.05) is 27.1 Å². The summed E-state index contributed by atoms with van der Waals surface area (Å²) in [5.74, 6) is -0.109. The van der Waals surface area contributed by atoms with Gasteiger partial charge in [0.25, 0.3) is 0 Å². The molecule has 0 saturated carbocycles. The monoisotopic (exact) mass is 191 g/mol. The normalized spacial score (nSPS) is 11.5. The molecular weight excluding hydrogens is 178 g/mol. The van der Waals surface area contributed by atoms with Gasteiger partial charge in [0.15, 0.2) is 0 Å². The number of nitriles is 1. The number of hydrogen-bond donors (Lipinski definition) is 1. The molecule has 0 aliphatic carbocycles. The van der Waals surface area contributed by atoms with Crippen molar-refractivity contribution >= 4 is 10.0 Å². The van der Waals surface area contributed by atoms with E-state index in [1.54, 1.807) is 0 Å². The van der Waals surface area contributed by atoms with Gasteiger partial charge in [-0.25, -0.2) is 12.7 Å². The van der Waals surface area contributed by atoms with Crippen LogP contribution in [0, 0.1) is 11.3 Å². The first-order valence-corrected chi connectivity index (χ1v) is 5.09. The summed E-state index contributed by atoms with van der Waals surface area (Å²) in [6.45, 7) is 0.406. The second-order valence-electron chi connectivity index (χ2n) is 2.45. The van der Waals surface area contributed by atoms with Gasteiger partial charge >= 0.3 is 0 Å². The molecule has 0 amide bonds. The third-order valence-corrected chi connectivity index (χ3v) is 2.94. The van der Waals surface area contributed by atoms with Crippen LogP contribution in [-0.2, 0) is 10.0 Å². The third-order valence-electron chi connectivity index (χ3n) is 1.25. The van der Waals surface area contributed by atoms with E-state index in [1.807, 2.05) is 6.07 Å². The van der Waals surface area contributed by atoms with Crippen LogP contribution in [0.5, 0.6) is 0 Å². The Morgan fingerprint density at radius 2 is 2.08 bits per heavy atom. The van der Waals surface area contributed by atoms with E-state index in [0.717, 1.165) is 4.31 Å². The van der Waals surface area contributed by atoms with Crippen LogP contribution in [0.3, 0.4) is 0 Å². The molecule has 0 bridgehead atoms. The van der Waals surface area contributed by atoms with Gasteiger partial charge in [-0.15, -0.1) is 0 Å². The molecule has 0 aromatic heterocycles. The van der Waals surface area contributed by atoms with Crippen LogP contribution in [0.4, 0.5) is 0 Å². The van der Waals surface area contributed by atoms with E-state index in [9.17, 15) is 8.42 Å². The van der Waals surface area contributed by atoms with Gasteiger partial charge in [-0.3, -0.25) is 0 Å². The number of rotatable bonds is 5. The summed E-state index contributed by atoms with van der Waals surface area (Å²) >= 11 is 0. The smallest absolute Gasteiger partial charge is 0.226 e. The lowest BCUT2D eigenvalue weighted by atomic mass is 10.5. The number of nitrogens with one attached hydrogen (secondary N) is 1. The van der Waals surface area contributed by atoms with E-state index in [-0.39, 0.29) is 5.88 Å². The number of sulfonamides is 1. The summed E-state index contributed by atoms with van der Waals surface area (Å²) in [7, 11) is -0.219. The van der Waals surface area contributed by atoms with E-state index in [0.29, 0.717) is 13.0 Å². The van der Waals surface area contributed by atoms with Crippen LogP contribution in [-0.4, -0.2) is 39.2 Å². The van der Waals surface area contributed by atoms with Crippen LogP contribution in [0.15, 0.2) is 0 Å². The van der Waals surface area contributed by atoms with Crippen molar-refractivity contribution in [3.8, 4) is 6.07 Å². The highest BCUT2D eigenvalue weighted by atomic mass is 32.2. The average Bonchev–Trinajstić information content (AvgIpc) is 1.98. The summed E-state index contributed by atoms with van der Waals surface area (Å²) in [5, 5.41) is 10.8. The van der Waals surface area contributed by atoms with Crippen LogP contribution in [0.25, 0.3) is 0 Å². The molecule has 0 aromatic rings. The predicted octanol–water partition coefficient (Wildman–Crippen LogP) is -0.661. The zero-order valence-corrected chi connectivity index (χ0v) is 8.06. The number of nitrogens with zero attached hydrogens (tertiary/aromatic N) is 2. The maximum atomic E-state index is 11.1. The maximum absolute atomic E-state index is 11.1. The fourth-order valence-corrected chi connectivity index (χ4v) is 1.14. The summed E-state index contributed by atoms with van der Waals surface area (Å²) in [4.78, 5) is 0. The highest BCUT2D eigenvalue weighted by Crippen LogP contribution is 1.90. The minimum Gasteiger partial charge on any atom is -0.302 e. The first-order chi connectivity index (χ1) is 5.50. The minimum atomic E-state index is -3.17. The summed E-state index contributed by atoms with van der Waals surface area (Å²) in [6, 6.07) is 1.91. The zero-order chi connectivity index (χ0) is 9.61. The van der Waals surface area contributed by atoms with Crippen molar-refractivity contribution in [1.29, 1.82) is 5.26 Å². The van der Waals surface area contributed by atoms with Gasteiger partial charge < -0.3 is 5.32 Å². The molecule has 5 nitrogen and oxygen atoms in total. The standard InChI is InChI=1S/C6H13N3O2S/c1-9(2)12(10,11)6-8-5-3-4-7/h8H,3,5-6H2,1-2H3. The van der Waals surface area contributed by atoms with Crippen LogP contribution in [0.1, 0.15) is 6.42 Å². The molecule has 0 fully saturated rings. The zero-order valence-electron chi connectivity index (χ0n) is 7.24. The SMILES string of the molecule is CN(C)S(=O)(=O)CNCCC#N. The lowest BCUT2D eigenvalue weighted by Gasteiger charge is -2.10. The first-order valence-electron chi connectivity index (χ1n) is 3.48. The predicted molar refractivity (Wildman–Crippen MR) is 45.7 cm³/mol. The Bertz CT molecular complexity index is 252. The molecule has 1 N–H and O–H groups in total. The van der Waals surface area contributed by atoms with Gasteiger partial charge in [-0.2, -0.15) is 5.26 Å². The summed E-state index contributed by atoms with van der Waals surface area (Å²) < 4.78 is 23.3. The first kappa shape index (κ1) is 11.4. The van der Waals surface area contributed by atoms with Crippen LogP contribution < -0.4 is 5.32 Å². The highest BCUT2D eigenvalue weighted by Gasteiger charge is 2.11. The molecule has 0 spiro atoms. The second kappa shape index (κ2) is 5.09. The van der Waals surface area contributed by atoms with Crippen molar-refractivity contribution in [3.63, 3.8) is 0 Å². The molecule has 0 aliphatic heterocycles. The van der Waals surface area contributed by atoms with Crippen molar-refractivity contribution in [2.75, 3.05) is 26.5 Å². The highest BCUT2D eigenvalue weighted by molar-refractivity contribution is 7.89. The maximum Gasteiger partial charge on any atom is 0.226 e. The second-order valence-corrected chi connectivity index (χ2v) is 4.63. The quantitative estimate of drug-likeness (QED) is 0.585. The van der Waals surface area contributed by atoms with E-state index in [1.165, 1.54) is 14.1 Å². The third kappa shape index (κ3) is 4.28. The van der Waals surface area contributed by atoms with Gasteiger partial charge in [0.1, 0.15) is 5.88 Å². The Hall–Kier alpha value is -0.640. The van der Waals surface area contributed by atoms with Crippen LogP contribution in [0.2, 0.25) is 0 Å². The van der Waals surface area contributed by atoms with Crippen molar-refractivity contribution in [2.45, 2.75) is 6.42 Å². The van der Waals surface area contributed by atoms with Crippen molar-refractivity contribution in [2.24, 2.45) is 0 Å². The molecule has 70 valence electrons. The fourth-order valence-electron chi connectivity index (χ4n) is 0.475. The van der Waals surface area contributed by atoms with E-state index < -0.39 is 10.0 Å². The molecule has 6 heteroatoms. The molecule has 0 radical (unpaired) electrons. The minimum absolute atomic E-state index is 0.109. The van der Waals surface area contributed by atoms with E-state index in [2.05, 4.69) is 5.32 Å². The Kier molecular flexibility index (Phi) is 4.81. The molecule has 0 aliphatic rings. The molecule has 12 heavy (non-hydrogen) atoms. The van der Waals surface area contributed by atoms with Gasteiger partial charge in [-0.05, 0) is 0 Å². The molecule has 0 rings (SSSR count). The average molecular weight is 191 g/mol. The molecule has 0 atom stereocenters. The Balaban J connectivity index is 3.72. The fraction of sp³-hybridized carbons (Fsp3) is 0.833. The van der Waals surface area contributed by atoms with Crippen molar-refractivity contribution < 1.29 is 8.42 Å².